The molecule has 0 aliphatic rings. The zero-order chi connectivity index (χ0) is 12.8. The molecule has 4 nitrogen and oxygen atoms in total. The molecule has 0 aliphatic heterocycles. The smallest absolute Gasteiger partial charge is 0.242 e. The molecule has 17 heavy (non-hydrogen) atoms. The van der Waals surface area contributed by atoms with Gasteiger partial charge < -0.3 is 11.1 Å². The van der Waals surface area contributed by atoms with Gasteiger partial charge in [0.15, 0.2) is 0 Å². The zero-order valence-electron chi connectivity index (χ0n) is 10.0. The van der Waals surface area contributed by atoms with Crippen LogP contribution in [0.3, 0.4) is 0 Å². The first-order chi connectivity index (χ1) is 8.00. The summed E-state index contributed by atoms with van der Waals surface area (Å²) in [6, 6.07) is 3.11. The number of thiophene rings is 1. The fourth-order valence-electron chi connectivity index (χ4n) is 1.34. The molecule has 0 saturated carbocycles. The Bertz CT molecular complexity index is 379. The summed E-state index contributed by atoms with van der Waals surface area (Å²) in [5.74, 6) is 0.414. The molecule has 1 aromatic rings. The molecule has 1 heterocycles. The van der Waals surface area contributed by atoms with Crippen LogP contribution in [0.4, 0.5) is 0 Å². The van der Waals surface area contributed by atoms with Crippen molar-refractivity contribution in [1.82, 2.24) is 5.32 Å². The van der Waals surface area contributed by atoms with Crippen LogP contribution in [-0.2, 0) is 15.6 Å². The van der Waals surface area contributed by atoms with Crippen molar-refractivity contribution in [3.05, 3.63) is 22.4 Å². The van der Waals surface area contributed by atoms with Gasteiger partial charge in [0.1, 0.15) is 6.04 Å². The summed E-state index contributed by atoms with van der Waals surface area (Å²) in [7, 11) is -0.822. The van der Waals surface area contributed by atoms with Crippen LogP contribution >= 0.6 is 11.3 Å². The van der Waals surface area contributed by atoms with Gasteiger partial charge in [0.25, 0.3) is 0 Å². The number of rotatable bonds is 6. The highest BCUT2D eigenvalue weighted by Crippen LogP contribution is 2.16. The Morgan fingerprint density at radius 3 is 2.88 bits per heavy atom. The quantitative estimate of drug-likeness (QED) is 0.813. The number of nitrogens with two attached hydrogens (primary N) is 1. The van der Waals surface area contributed by atoms with Gasteiger partial charge in [-0.2, -0.15) is 0 Å². The Hall–Kier alpha value is -0.720. The summed E-state index contributed by atoms with van der Waals surface area (Å²) < 4.78 is 10.9. The number of hydrogen-bond donors (Lipinski definition) is 2. The molecule has 1 amide bonds. The molecule has 0 aliphatic carbocycles. The maximum Gasteiger partial charge on any atom is 0.242 e. The molecule has 0 saturated heterocycles. The summed E-state index contributed by atoms with van der Waals surface area (Å²) in [6.07, 6.45) is 2.36. The summed E-state index contributed by atoms with van der Waals surface area (Å²) in [5.41, 5.74) is 5.83. The maximum absolute atomic E-state index is 11.8. The molecule has 3 unspecified atom stereocenters. The minimum atomic E-state index is -0.822. The average Bonchev–Trinajstić information content (AvgIpc) is 2.78. The van der Waals surface area contributed by atoms with Crippen LogP contribution in [-0.4, -0.2) is 28.2 Å². The second-order valence-electron chi connectivity index (χ2n) is 3.97. The first kappa shape index (κ1) is 14.3. The predicted molar refractivity (Wildman–Crippen MR) is 72.4 cm³/mol. The molecule has 1 rings (SSSR count). The zero-order valence-corrected chi connectivity index (χ0v) is 11.6. The molecule has 3 atom stereocenters. The van der Waals surface area contributed by atoms with Crippen molar-refractivity contribution in [1.29, 1.82) is 0 Å². The van der Waals surface area contributed by atoms with Crippen molar-refractivity contribution < 1.29 is 9.00 Å². The predicted octanol–water partition coefficient (Wildman–Crippen LogP) is 1.02. The third-order valence-corrected chi connectivity index (χ3v) is 4.13. The number of carbonyl (C=O) groups excluding carboxylic acids is 1. The van der Waals surface area contributed by atoms with E-state index in [9.17, 15) is 9.00 Å². The Morgan fingerprint density at radius 2 is 2.35 bits per heavy atom. The summed E-state index contributed by atoms with van der Waals surface area (Å²) in [6.45, 7) is 1.89. The van der Waals surface area contributed by atoms with Crippen molar-refractivity contribution in [3.8, 4) is 0 Å². The fraction of sp³-hybridized carbons (Fsp3) is 0.545. The lowest BCUT2D eigenvalue weighted by atomic mass is 10.2. The third kappa shape index (κ3) is 4.97. The molecule has 0 radical (unpaired) electrons. The van der Waals surface area contributed by atoms with E-state index >= 15 is 0 Å². The van der Waals surface area contributed by atoms with Crippen molar-refractivity contribution in [2.45, 2.75) is 25.4 Å². The summed E-state index contributed by atoms with van der Waals surface area (Å²) in [4.78, 5) is 12.6. The second-order valence-corrected chi connectivity index (χ2v) is 6.50. The average molecular weight is 274 g/mol. The topological polar surface area (TPSA) is 72.2 Å². The minimum Gasteiger partial charge on any atom is -0.352 e. The van der Waals surface area contributed by atoms with Gasteiger partial charge in [0.05, 0.1) is 0 Å². The van der Waals surface area contributed by atoms with Crippen LogP contribution in [0.15, 0.2) is 17.5 Å². The number of amides is 1. The van der Waals surface area contributed by atoms with Crippen LogP contribution < -0.4 is 11.1 Å². The Balaban J connectivity index is 2.41. The van der Waals surface area contributed by atoms with E-state index in [0.717, 1.165) is 4.88 Å². The molecule has 0 fully saturated rings. The third-order valence-electron chi connectivity index (χ3n) is 2.36. The molecule has 0 spiro atoms. The van der Waals surface area contributed by atoms with Gasteiger partial charge in [-0.15, -0.1) is 11.3 Å². The molecule has 96 valence electrons. The lowest BCUT2D eigenvalue weighted by Crippen LogP contribution is -2.39. The summed E-state index contributed by atoms with van der Waals surface area (Å²) >= 11 is 1.47. The van der Waals surface area contributed by atoms with Crippen LogP contribution in [0.1, 0.15) is 24.3 Å². The fourth-order valence-corrected chi connectivity index (χ4v) is 2.76. The molecule has 1 aromatic heterocycles. The van der Waals surface area contributed by atoms with Gasteiger partial charge in [-0.3, -0.25) is 9.00 Å². The van der Waals surface area contributed by atoms with E-state index < -0.39 is 16.8 Å². The lowest BCUT2D eigenvalue weighted by Gasteiger charge is -2.16. The Morgan fingerprint density at radius 1 is 1.65 bits per heavy atom. The van der Waals surface area contributed by atoms with E-state index in [4.69, 9.17) is 5.73 Å². The SMILES string of the molecule is CC(CCS(C)=O)NC(=O)C(N)c1cccs1. The molecule has 6 heteroatoms. The highest BCUT2D eigenvalue weighted by Gasteiger charge is 2.18. The second kappa shape index (κ2) is 6.88. The van der Waals surface area contributed by atoms with Crippen molar-refractivity contribution >= 4 is 28.0 Å². The van der Waals surface area contributed by atoms with E-state index in [1.165, 1.54) is 11.3 Å². The first-order valence-electron chi connectivity index (χ1n) is 5.40. The van der Waals surface area contributed by atoms with Crippen molar-refractivity contribution in [3.63, 3.8) is 0 Å². The number of nitrogens with one attached hydrogen (secondary N) is 1. The molecular formula is C11H18N2O2S2. The molecule has 0 bridgehead atoms. The van der Waals surface area contributed by atoms with E-state index in [2.05, 4.69) is 5.32 Å². The van der Waals surface area contributed by atoms with E-state index in [1.54, 1.807) is 6.26 Å². The normalized spacial score (nSPS) is 16.2. The van der Waals surface area contributed by atoms with E-state index in [0.29, 0.717) is 12.2 Å². The number of carbonyl (C=O) groups is 1. The van der Waals surface area contributed by atoms with Crippen molar-refractivity contribution in [2.75, 3.05) is 12.0 Å². The first-order valence-corrected chi connectivity index (χ1v) is 8.00. The summed E-state index contributed by atoms with van der Waals surface area (Å²) in [5, 5.41) is 4.73. The van der Waals surface area contributed by atoms with E-state index in [-0.39, 0.29) is 11.9 Å². The lowest BCUT2D eigenvalue weighted by molar-refractivity contribution is -0.123. The van der Waals surface area contributed by atoms with Gasteiger partial charge in [-0.1, -0.05) is 6.07 Å². The van der Waals surface area contributed by atoms with Crippen LogP contribution in [0, 0.1) is 0 Å². The Kier molecular flexibility index (Phi) is 5.80. The monoisotopic (exact) mass is 274 g/mol. The van der Waals surface area contributed by atoms with Gasteiger partial charge in [-0.25, -0.2) is 0 Å². The van der Waals surface area contributed by atoms with Gasteiger partial charge in [-0.05, 0) is 24.8 Å². The van der Waals surface area contributed by atoms with Crippen LogP contribution in [0.25, 0.3) is 0 Å². The molecule has 3 N–H and O–H groups in total. The van der Waals surface area contributed by atoms with Crippen LogP contribution in [0.2, 0.25) is 0 Å². The highest BCUT2D eigenvalue weighted by atomic mass is 32.2. The largest absolute Gasteiger partial charge is 0.352 e. The molecular weight excluding hydrogens is 256 g/mol. The minimum absolute atomic E-state index is 0.00240. The molecule has 0 aromatic carbocycles. The standard InChI is InChI=1S/C11H18N2O2S2/c1-8(5-7-17(2)15)13-11(14)10(12)9-4-3-6-16-9/h3-4,6,8,10H,5,7,12H2,1-2H3,(H,13,14). The van der Waals surface area contributed by atoms with Crippen LogP contribution in [0.5, 0.6) is 0 Å². The van der Waals surface area contributed by atoms with E-state index in [1.807, 2.05) is 24.4 Å². The van der Waals surface area contributed by atoms with Gasteiger partial charge in [0, 0.05) is 33.7 Å². The highest BCUT2D eigenvalue weighted by molar-refractivity contribution is 7.84. The maximum atomic E-state index is 11.8. The van der Waals surface area contributed by atoms with Gasteiger partial charge in [0.2, 0.25) is 5.91 Å². The number of hydrogen-bond acceptors (Lipinski definition) is 4. The van der Waals surface area contributed by atoms with Gasteiger partial charge >= 0.3 is 0 Å². The Labute approximate surface area is 108 Å². The van der Waals surface area contributed by atoms with Crippen molar-refractivity contribution in [2.24, 2.45) is 5.73 Å².